The van der Waals surface area contributed by atoms with Crippen molar-refractivity contribution in [3.05, 3.63) is 0 Å². The third kappa shape index (κ3) is 0.576. The second-order valence-corrected chi connectivity index (χ2v) is 6.60. The minimum absolute atomic E-state index is 1.09. The molecule has 0 spiro atoms. The Morgan fingerprint density at radius 1 is 0.786 bits per heavy atom. The molecule has 0 aromatic heterocycles. The number of hydrogen-bond acceptors (Lipinski definition) is 1. The minimum Gasteiger partial charge on any atom is -0.299 e. The lowest BCUT2D eigenvalue weighted by Crippen LogP contribution is -2.59. The van der Waals surface area contributed by atoms with Gasteiger partial charge in [0.2, 0.25) is 0 Å². The maximum atomic E-state index is 2.86. The summed E-state index contributed by atoms with van der Waals surface area (Å²) >= 11 is 0. The van der Waals surface area contributed by atoms with Gasteiger partial charge >= 0.3 is 0 Å². The van der Waals surface area contributed by atoms with E-state index in [1.165, 1.54) is 42.7 Å². The van der Waals surface area contributed by atoms with E-state index in [2.05, 4.69) is 4.90 Å². The van der Waals surface area contributed by atoms with E-state index < -0.39 is 0 Å². The Morgan fingerprint density at radius 3 is 2.50 bits per heavy atom. The fourth-order valence-corrected chi connectivity index (χ4v) is 6.28. The number of hydrogen-bond donors (Lipinski definition) is 0. The van der Waals surface area contributed by atoms with Crippen LogP contribution >= 0.6 is 0 Å². The molecule has 8 unspecified atom stereocenters. The highest BCUT2D eigenvalue weighted by Gasteiger charge is 2.69. The third-order valence-electron chi connectivity index (χ3n) is 6.50. The number of rotatable bonds is 0. The van der Waals surface area contributed by atoms with Crippen molar-refractivity contribution in [1.29, 1.82) is 0 Å². The second kappa shape index (κ2) is 2.07. The van der Waals surface area contributed by atoms with Crippen molar-refractivity contribution >= 4 is 0 Å². The van der Waals surface area contributed by atoms with Crippen LogP contribution in [0.1, 0.15) is 25.7 Å². The summed E-state index contributed by atoms with van der Waals surface area (Å²) in [4.78, 5) is 2.86. The van der Waals surface area contributed by atoms with Gasteiger partial charge in [-0.3, -0.25) is 4.90 Å². The average Bonchev–Trinajstić information content (AvgIpc) is 2.82. The lowest BCUT2D eigenvalue weighted by molar-refractivity contribution is -0.0768. The highest BCUT2D eigenvalue weighted by molar-refractivity contribution is 5.19. The molecule has 76 valence electrons. The molecule has 14 heavy (non-hydrogen) atoms. The highest BCUT2D eigenvalue weighted by Crippen LogP contribution is 2.69. The molecule has 0 aromatic rings. The summed E-state index contributed by atoms with van der Waals surface area (Å²) in [6, 6.07) is 1.09. The molecule has 0 aromatic carbocycles. The average molecular weight is 189 g/mol. The molecule has 2 heterocycles. The number of piperidine rings is 1. The first-order valence-corrected chi connectivity index (χ1v) is 6.67. The molecule has 5 fully saturated rings. The van der Waals surface area contributed by atoms with Crippen molar-refractivity contribution in [1.82, 2.24) is 4.90 Å². The van der Waals surface area contributed by atoms with Gasteiger partial charge in [-0.05, 0) is 67.7 Å². The third-order valence-corrected chi connectivity index (χ3v) is 6.50. The number of nitrogens with zero attached hydrogens (tertiary/aromatic N) is 1. The fourth-order valence-electron chi connectivity index (χ4n) is 6.28. The van der Waals surface area contributed by atoms with Crippen LogP contribution < -0.4 is 0 Å². The van der Waals surface area contributed by atoms with Gasteiger partial charge in [-0.1, -0.05) is 0 Å². The molecule has 3 aliphatic carbocycles. The first kappa shape index (κ1) is 7.27. The molecule has 0 N–H and O–H groups in total. The summed E-state index contributed by atoms with van der Waals surface area (Å²) in [5.41, 5.74) is 0. The fraction of sp³-hybridized carbons (Fsp3) is 1.00. The standard InChI is InChI=1S/C13H19N/c1-2-8-5-7(1)10-11(8)13-12(10)9-3-4-14(13)6-9/h7-13H,1-6H2. The lowest BCUT2D eigenvalue weighted by Gasteiger charge is -2.57. The maximum absolute atomic E-state index is 2.86. The van der Waals surface area contributed by atoms with Gasteiger partial charge in [-0.15, -0.1) is 0 Å². The largest absolute Gasteiger partial charge is 0.299 e. The topological polar surface area (TPSA) is 3.24 Å². The van der Waals surface area contributed by atoms with E-state index in [1.807, 2.05) is 0 Å². The Balaban J connectivity index is 1.58. The molecule has 0 radical (unpaired) electrons. The Kier molecular flexibility index (Phi) is 1.07. The van der Waals surface area contributed by atoms with Crippen LogP contribution in [0.2, 0.25) is 0 Å². The van der Waals surface area contributed by atoms with Gasteiger partial charge < -0.3 is 0 Å². The first-order valence-electron chi connectivity index (χ1n) is 6.67. The molecule has 4 bridgehead atoms. The molecule has 2 saturated heterocycles. The van der Waals surface area contributed by atoms with Crippen molar-refractivity contribution in [2.24, 2.45) is 35.5 Å². The van der Waals surface area contributed by atoms with Crippen molar-refractivity contribution < 1.29 is 0 Å². The van der Waals surface area contributed by atoms with Crippen LogP contribution in [0, 0.1) is 35.5 Å². The molecule has 5 rings (SSSR count). The second-order valence-electron chi connectivity index (χ2n) is 6.60. The molecule has 0 amide bonds. The monoisotopic (exact) mass is 189 g/mol. The highest BCUT2D eigenvalue weighted by atomic mass is 15.2. The zero-order valence-corrected chi connectivity index (χ0v) is 8.73. The quantitative estimate of drug-likeness (QED) is 0.563. The number of fused-ring (bicyclic) bond motifs is 12. The van der Waals surface area contributed by atoms with Gasteiger partial charge in [-0.2, -0.15) is 0 Å². The van der Waals surface area contributed by atoms with Gasteiger partial charge in [-0.25, -0.2) is 0 Å². The molecular weight excluding hydrogens is 170 g/mol. The lowest BCUT2D eigenvalue weighted by atomic mass is 9.52. The zero-order valence-electron chi connectivity index (χ0n) is 8.73. The molecule has 3 saturated carbocycles. The smallest absolute Gasteiger partial charge is 0.0163 e. The maximum Gasteiger partial charge on any atom is 0.0163 e. The zero-order chi connectivity index (χ0) is 8.86. The van der Waals surface area contributed by atoms with Crippen molar-refractivity contribution in [2.45, 2.75) is 31.7 Å². The van der Waals surface area contributed by atoms with Crippen LogP contribution in [-0.4, -0.2) is 24.0 Å². The van der Waals surface area contributed by atoms with E-state index in [4.69, 9.17) is 0 Å². The summed E-state index contributed by atoms with van der Waals surface area (Å²) < 4.78 is 0. The van der Waals surface area contributed by atoms with Crippen LogP contribution in [-0.2, 0) is 0 Å². The van der Waals surface area contributed by atoms with Crippen LogP contribution in [0.25, 0.3) is 0 Å². The summed E-state index contributed by atoms with van der Waals surface area (Å²) in [6.45, 7) is 2.94. The van der Waals surface area contributed by atoms with Gasteiger partial charge in [0.25, 0.3) is 0 Å². The summed E-state index contributed by atoms with van der Waals surface area (Å²) in [7, 11) is 0. The van der Waals surface area contributed by atoms with Gasteiger partial charge in [0.15, 0.2) is 0 Å². The van der Waals surface area contributed by atoms with Gasteiger partial charge in [0.05, 0.1) is 0 Å². The Bertz CT molecular complexity index is 234. The van der Waals surface area contributed by atoms with E-state index in [1.54, 1.807) is 25.7 Å². The van der Waals surface area contributed by atoms with Crippen molar-refractivity contribution in [3.63, 3.8) is 0 Å². The Hall–Kier alpha value is -0.0400. The van der Waals surface area contributed by atoms with E-state index in [-0.39, 0.29) is 0 Å². The molecule has 1 heteroatoms. The summed E-state index contributed by atoms with van der Waals surface area (Å²) in [5, 5.41) is 0. The predicted octanol–water partition coefficient (Wildman–Crippen LogP) is 1.98. The summed E-state index contributed by atoms with van der Waals surface area (Å²) in [6.07, 6.45) is 6.36. The van der Waals surface area contributed by atoms with Crippen LogP contribution in [0.5, 0.6) is 0 Å². The first-order chi connectivity index (χ1) is 6.93. The minimum atomic E-state index is 1.09. The summed E-state index contributed by atoms with van der Waals surface area (Å²) in [5.74, 6) is 7.08. The predicted molar refractivity (Wildman–Crippen MR) is 54.8 cm³/mol. The SMILES string of the molecule is C1CC2CC1C1C2C2C1C1CCN2C1. The van der Waals surface area contributed by atoms with E-state index >= 15 is 0 Å². The van der Waals surface area contributed by atoms with Crippen LogP contribution in [0.15, 0.2) is 0 Å². The van der Waals surface area contributed by atoms with Crippen LogP contribution in [0.4, 0.5) is 0 Å². The molecule has 5 aliphatic rings. The van der Waals surface area contributed by atoms with Crippen molar-refractivity contribution in [2.75, 3.05) is 13.1 Å². The van der Waals surface area contributed by atoms with E-state index in [0.717, 1.165) is 12.0 Å². The van der Waals surface area contributed by atoms with Gasteiger partial charge in [0.1, 0.15) is 0 Å². The molecule has 8 atom stereocenters. The normalized spacial score (nSPS) is 72.0. The Morgan fingerprint density at radius 2 is 1.57 bits per heavy atom. The van der Waals surface area contributed by atoms with Crippen LogP contribution in [0.3, 0.4) is 0 Å². The van der Waals surface area contributed by atoms with Gasteiger partial charge in [0, 0.05) is 12.6 Å². The molecule has 1 nitrogen and oxygen atoms in total. The van der Waals surface area contributed by atoms with E-state index in [9.17, 15) is 0 Å². The molecule has 2 aliphatic heterocycles. The van der Waals surface area contributed by atoms with E-state index in [0.29, 0.717) is 0 Å². The Labute approximate surface area is 85.8 Å². The molecular formula is C13H19N. The van der Waals surface area contributed by atoms with Crippen molar-refractivity contribution in [3.8, 4) is 0 Å².